The molecule has 1 rings (SSSR count). The highest BCUT2D eigenvalue weighted by molar-refractivity contribution is 7.89. The van der Waals surface area contributed by atoms with Crippen LogP contribution in [-0.4, -0.2) is 34.2 Å². The quantitative estimate of drug-likeness (QED) is 0.679. The van der Waals surface area contributed by atoms with Crippen LogP contribution in [0.15, 0.2) is 23.1 Å². The Labute approximate surface area is 125 Å². The number of benzene rings is 1. The molecule has 0 unspecified atom stereocenters. The van der Waals surface area contributed by atoms with Gasteiger partial charge in [-0.1, -0.05) is 13.0 Å². The van der Waals surface area contributed by atoms with Crippen molar-refractivity contribution in [3.05, 3.63) is 29.6 Å². The van der Waals surface area contributed by atoms with Crippen molar-refractivity contribution in [2.24, 2.45) is 0 Å². The normalized spacial score (nSPS) is 12.0. The first-order valence-corrected chi connectivity index (χ1v) is 8.45. The summed E-state index contributed by atoms with van der Waals surface area (Å²) in [6.07, 6.45) is 0.0352. The van der Waals surface area contributed by atoms with Crippen molar-refractivity contribution in [2.45, 2.75) is 38.3 Å². The summed E-state index contributed by atoms with van der Waals surface area (Å²) in [5, 5.41) is 3.04. The van der Waals surface area contributed by atoms with Gasteiger partial charge in [-0.05, 0) is 38.1 Å². The third-order valence-electron chi connectivity index (χ3n) is 2.73. The molecule has 0 bridgehead atoms. The van der Waals surface area contributed by atoms with Gasteiger partial charge in [-0.2, -0.15) is 0 Å². The number of ether oxygens (including phenoxy) is 1. The molecule has 0 saturated carbocycles. The van der Waals surface area contributed by atoms with Crippen LogP contribution < -0.4 is 10.0 Å². The Morgan fingerprint density at radius 1 is 1.33 bits per heavy atom. The molecule has 0 aliphatic rings. The zero-order chi connectivity index (χ0) is 15.9. The Morgan fingerprint density at radius 2 is 2.05 bits per heavy atom. The summed E-state index contributed by atoms with van der Waals surface area (Å²) < 4.78 is 45.6. The van der Waals surface area contributed by atoms with E-state index in [1.165, 1.54) is 12.1 Å². The second-order valence-electron chi connectivity index (χ2n) is 4.85. The molecule has 0 aromatic heterocycles. The molecule has 5 nitrogen and oxygen atoms in total. The van der Waals surface area contributed by atoms with Crippen molar-refractivity contribution >= 4 is 10.0 Å². The standard InChI is InChI=1S/C14H23FN2O3S/c1-4-16-10-12-5-6-13(15)9-14(12)21(18,19)17-7-8-20-11(2)3/h5-6,9,11,16-17H,4,7-8,10H2,1-3H3. The topological polar surface area (TPSA) is 67.4 Å². The van der Waals surface area contributed by atoms with E-state index in [2.05, 4.69) is 10.0 Å². The molecule has 0 saturated heterocycles. The molecule has 0 aliphatic carbocycles. The van der Waals surface area contributed by atoms with Gasteiger partial charge in [0.1, 0.15) is 5.82 Å². The predicted molar refractivity (Wildman–Crippen MR) is 80.1 cm³/mol. The van der Waals surface area contributed by atoms with E-state index in [0.29, 0.717) is 18.7 Å². The molecule has 0 amide bonds. The number of nitrogens with one attached hydrogen (secondary N) is 2. The van der Waals surface area contributed by atoms with Crippen LogP contribution in [0.1, 0.15) is 26.3 Å². The SMILES string of the molecule is CCNCc1ccc(F)cc1S(=O)(=O)NCCOC(C)C. The average Bonchev–Trinajstić information content (AvgIpc) is 2.42. The van der Waals surface area contributed by atoms with Gasteiger partial charge in [0, 0.05) is 13.1 Å². The Balaban J connectivity index is 2.83. The van der Waals surface area contributed by atoms with Crippen LogP contribution in [0, 0.1) is 5.82 Å². The van der Waals surface area contributed by atoms with E-state index >= 15 is 0 Å². The third kappa shape index (κ3) is 6.09. The molecular weight excluding hydrogens is 295 g/mol. The van der Waals surface area contributed by atoms with E-state index in [1.807, 2.05) is 20.8 Å². The minimum absolute atomic E-state index is 0.0343. The van der Waals surface area contributed by atoms with Gasteiger partial charge in [0.2, 0.25) is 10.0 Å². The molecule has 1 aromatic rings. The van der Waals surface area contributed by atoms with Crippen LogP contribution in [0.5, 0.6) is 0 Å². The van der Waals surface area contributed by atoms with Gasteiger partial charge in [-0.3, -0.25) is 0 Å². The van der Waals surface area contributed by atoms with Gasteiger partial charge in [0.25, 0.3) is 0 Å². The Morgan fingerprint density at radius 3 is 2.67 bits per heavy atom. The summed E-state index contributed by atoms with van der Waals surface area (Å²) >= 11 is 0. The van der Waals surface area contributed by atoms with Gasteiger partial charge in [-0.25, -0.2) is 17.5 Å². The van der Waals surface area contributed by atoms with E-state index < -0.39 is 15.8 Å². The van der Waals surface area contributed by atoms with Gasteiger partial charge in [-0.15, -0.1) is 0 Å². The van der Waals surface area contributed by atoms with Gasteiger partial charge < -0.3 is 10.1 Å². The summed E-state index contributed by atoms with van der Waals surface area (Å²) in [5.41, 5.74) is 0.538. The molecule has 0 atom stereocenters. The van der Waals surface area contributed by atoms with Crippen LogP contribution in [-0.2, 0) is 21.3 Å². The Hall–Kier alpha value is -1.02. The van der Waals surface area contributed by atoms with E-state index in [4.69, 9.17) is 4.74 Å². The molecule has 0 heterocycles. The molecular formula is C14H23FN2O3S. The Kier molecular flexibility index (Phi) is 7.24. The van der Waals surface area contributed by atoms with Crippen molar-refractivity contribution in [1.82, 2.24) is 10.0 Å². The number of rotatable bonds is 9. The fourth-order valence-electron chi connectivity index (χ4n) is 1.73. The molecule has 0 fully saturated rings. The maximum Gasteiger partial charge on any atom is 0.241 e. The molecule has 2 N–H and O–H groups in total. The summed E-state index contributed by atoms with van der Waals surface area (Å²) in [6.45, 7) is 7.15. The van der Waals surface area contributed by atoms with E-state index in [0.717, 1.165) is 6.07 Å². The minimum Gasteiger partial charge on any atom is -0.377 e. The van der Waals surface area contributed by atoms with Gasteiger partial charge >= 0.3 is 0 Å². The number of halogens is 1. The largest absolute Gasteiger partial charge is 0.377 e. The van der Waals surface area contributed by atoms with Crippen molar-refractivity contribution in [3.63, 3.8) is 0 Å². The fourth-order valence-corrected chi connectivity index (χ4v) is 2.99. The monoisotopic (exact) mass is 318 g/mol. The fraction of sp³-hybridized carbons (Fsp3) is 0.571. The number of hydrogen-bond donors (Lipinski definition) is 2. The average molecular weight is 318 g/mol. The molecule has 0 spiro atoms. The first kappa shape index (κ1) is 18.0. The third-order valence-corrected chi connectivity index (χ3v) is 4.27. The lowest BCUT2D eigenvalue weighted by atomic mass is 10.2. The van der Waals surface area contributed by atoms with Crippen molar-refractivity contribution in [1.29, 1.82) is 0 Å². The highest BCUT2D eigenvalue weighted by Gasteiger charge is 2.18. The summed E-state index contributed by atoms with van der Waals surface area (Å²) in [5.74, 6) is -0.575. The second kappa shape index (κ2) is 8.43. The van der Waals surface area contributed by atoms with E-state index in [-0.39, 0.29) is 24.2 Å². The zero-order valence-corrected chi connectivity index (χ0v) is 13.5. The summed E-state index contributed by atoms with van der Waals surface area (Å²) in [4.78, 5) is -0.0343. The molecule has 0 radical (unpaired) electrons. The highest BCUT2D eigenvalue weighted by Crippen LogP contribution is 2.17. The molecule has 21 heavy (non-hydrogen) atoms. The maximum absolute atomic E-state index is 13.4. The minimum atomic E-state index is -3.75. The Bertz CT molecular complexity index is 547. The lowest BCUT2D eigenvalue weighted by molar-refractivity contribution is 0.0834. The molecule has 1 aromatic carbocycles. The van der Waals surface area contributed by atoms with E-state index in [9.17, 15) is 12.8 Å². The van der Waals surface area contributed by atoms with E-state index in [1.54, 1.807) is 0 Å². The van der Waals surface area contributed by atoms with Crippen molar-refractivity contribution < 1.29 is 17.5 Å². The number of hydrogen-bond acceptors (Lipinski definition) is 4. The van der Waals surface area contributed by atoms with Gasteiger partial charge in [0.15, 0.2) is 0 Å². The highest BCUT2D eigenvalue weighted by atomic mass is 32.2. The smallest absolute Gasteiger partial charge is 0.241 e. The van der Waals surface area contributed by atoms with Crippen LogP contribution in [0.25, 0.3) is 0 Å². The first-order chi connectivity index (χ1) is 9.86. The lowest BCUT2D eigenvalue weighted by Gasteiger charge is -2.13. The maximum atomic E-state index is 13.4. The van der Waals surface area contributed by atoms with Crippen LogP contribution in [0.3, 0.4) is 0 Å². The molecule has 0 aliphatic heterocycles. The van der Waals surface area contributed by atoms with Crippen molar-refractivity contribution in [3.8, 4) is 0 Å². The second-order valence-corrected chi connectivity index (χ2v) is 6.59. The lowest BCUT2D eigenvalue weighted by Crippen LogP contribution is -2.29. The predicted octanol–water partition coefficient (Wildman–Crippen LogP) is 1.64. The number of sulfonamides is 1. The molecule has 120 valence electrons. The van der Waals surface area contributed by atoms with Crippen molar-refractivity contribution in [2.75, 3.05) is 19.7 Å². The molecule has 7 heteroatoms. The van der Waals surface area contributed by atoms with Crippen LogP contribution in [0.2, 0.25) is 0 Å². The first-order valence-electron chi connectivity index (χ1n) is 6.97. The summed E-state index contributed by atoms with van der Waals surface area (Å²) in [7, 11) is -3.75. The van der Waals surface area contributed by atoms with Crippen LogP contribution >= 0.6 is 0 Å². The summed E-state index contributed by atoms with van der Waals surface area (Å²) in [6, 6.07) is 3.78. The zero-order valence-electron chi connectivity index (χ0n) is 12.6. The van der Waals surface area contributed by atoms with Crippen LogP contribution in [0.4, 0.5) is 4.39 Å². The van der Waals surface area contributed by atoms with Gasteiger partial charge in [0.05, 0.1) is 17.6 Å².